The standard InChI is InChI=1S/C29H30O5/c30-26-23-13-7-8-15-29(26)16-14-25(34-28(32)22-11-5-2-6-12-22)24(29)18-20(17-23)19-33-27(31)21-9-3-1-4-10-21/h1-6,9-12,17,23-25H,7-8,13-16,18-19H2/t23-,24-,25+,29+/m1/s1. The van der Waals surface area contributed by atoms with Crippen LogP contribution in [-0.4, -0.2) is 30.4 Å². The molecule has 1 spiro atoms. The zero-order valence-electron chi connectivity index (χ0n) is 19.3. The molecule has 5 rings (SSSR count). The van der Waals surface area contributed by atoms with E-state index in [1.165, 1.54) is 0 Å². The summed E-state index contributed by atoms with van der Waals surface area (Å²) >= 11 is 0. The summed E-state index contributed by atoms with van der Waals surface area (Å²) in [5.41, 5.74) is 1.54. The van der Waals surface area contributed by atoms with Crippen LogP contribution in [-0.2, 0) is 14.3 Å². The molecule has 2 bridgehead atoms. The van der Waals surface area contributed by atoms with Crippen molar-refractivity contribution in [2.45, 2.75) is 51.0 Å². The quantitative estimate of drug-likeness (QED) is 0.434. The first-order valence-electron chi connectivity index (χ1n) is 12.3. The Morgan fingerprint density at radius 2 is 1.53 bits per heavy atom. The maximum absolute atomic E-state index is 13.8. The van der Waals surface area contributed by atoms with Crippen molar-refractivity contribution in [3.63, 3.8) is 0 Å². The molecular formula is C29H30O5. The number of rotatable bonds is 5. The van der Waals surface area contributed by atoms with Crippen molar-refractivity contribution in [3.8, 4) is 0 Å². The average Bonchev–Trinajstić information content (AvgIpc) is 3.07. The number of allylic oxidation sites excluding steroid dienone is 1. The van der Waals surface area contributed by atoms with E-state index >= 15 is 0 Å². The van der Waals surface area contributed by atoms with E-state index in [-0.39, 0.29) is 42.3 Å². The Hall–Kier alpha value is -3.21. The van der Waals surface area contributed by atoms with Gasteiger partial charge in [-0.3, -0.25) is 4.79 Å². The summed E-state index contributed by atoms with van der Waals surface area (Å²) in [7, 11) is 0. The largest absolute Gasteiger partial charge is 0.458 e. The topological polar surface area (TPSA) is 69.7 Å². The SMILES string of the molecule is O=C(OCC1=C[C@H]2CCCC[C@@]3(CC[C@H](OC(=O)c4ccccc4)[C@H]3C1)C2=O)c1ccccc1. The minimum atomic E-state index is -0.454. The normalized spacial score (nSPS) is 28.2. The van der Waals surface area contributed by atoms with Gasteiger partial charge in [0.25, 0.3) is 0 Å². The Morgan fingerprint density at radius 1 is 0.853 bits per heavy atom. The van der Waals surface area contributed by atoms with Gasteiger partial charge in [0.15, 0.2) is 0 Å². The molecule has 176 valence electrons. The molecule has 0 unspecified atom stereocenters. The van der Waals surface area contributed by atoms with Gasteiger partial charge in [0.2, 0.25) is 0 Å². The number of ketones is 1. The van der Waals surface area contributed by atoms with Crippen molar-refractivity contribution < 1.29 is 23.9 Å². The van der Waals surface area contributed by atoms with Gasteiger partial charge in [0.05, 0.1) is 11.1 Å². The van der Waals surface area contributed by atoms with Crippen molar-refractivity contribution in [2.24, 2.45) is 17.3 Å². The summed E-state index contributed by atoms with van der Waals surface area (Å²) in [5.74, 6) is -0.660. The molecule has 5 nitrogen and oxygen atoms in total. The summed E-state index contributed by atoms with van der Waals surface area (Å²) in [6, 6.07) is 17.9. The van der Waals surface area contributed by atoms with Gasteiger partial charge >= 0.3 is 11.9 Å². The van der Waals surface area contributed by atoms with Gasteiger partial charge < -0.3 is 9.47 Å². The van der Waals surface area contributed by atoms with E-state index in [1.54, 1.807) is 36.4 Å². The predicted octanol–water partition coefficient (Wildman–Crippen LogP) is 5.55. The van der Waals surface area contributed by atoms with Gasteiger partial charge in [-0.05, 0) is 61.9 Å². The minimum Gasteiger partial charge on any atom is -0.458 e. The Kier molecular flexibility index (Phi) is 6.36. The lowest BCUT2D eigenvalue weighted by Crippen LogP contribution is -2.40. The molecule has 0 aromatic heterocycles. The first kappa shape index (κ1) is 22.6. The maximum atomic E-state index is 13.8. The van der Waals surface area contributed by atoms with Gasteiger partial charge in [-0.1, -0.05) is 55.3 Å². The van der Waals surface area contributed by atoms with Crippen LogP contribution in [0.25, 0.3) is 0 Å². The third kappa shape index (κ3) is 4.31. The molecule has 0 amide bonds. The molecule has 2 aromatic carbocycles. The first-order chi connectivity index (χ1) is 16.6. The van der Waals surface area contributed by atoms with Crippen LogP contribution < -0.4 is 0 Å². The Morgan fingerprint density at radius 3 is 2.24 bits per heavy atom. The molecule has 5 heteroatoms. The molecule has 0 heterocycles. The van der Waals surface area contributed by atoms with Crippen LogP contribution in [0.1, 0.15) is 65.7 Å². The van der Waals surface area contributed by atoms with Crippen LogP contribution in [0.2, 0.25) is 0 Å². The molecule has 0 radical (unpaired) electrons. The second-order valence-corrected chi connectivity index (χ2v) is 9.80. The summed E-state index contributed by atoms with van der Waals surface area (Å²) < 4.78 is 11.7. The van der Waals surface area contributed by atoms with Crippen molar-refractivity contribution >= 4 is 17.7 Å². The van der Waals surface area contributed by atoms with Crippen molar-refractivity contribution in [1.29, 1.82) is 0 Å². The monoisotopic (exact) mass is 458 g/mol. The fraction of sp³-hybridized carbons (Fsp3) is 0.414. The van der Waals surface area contributed by atoms with Gasteiger partial charge in [-0.2, -0.15) is 0 Å². The molecule has 4 atom stereocenters. The van der Waals surface area contributed by atoms with Gasteiger partial charge in [0.1, 0.15) is 18.5 Å². The van der Waals surface area contributed by atoms with Crippen LogP contribution in [0, 0.1) is 17.3 Å². The summed E-state index contributed by atoms with van der Waals surface area (Å²) in [5, 5.41) is 0. The number of benzene rings is 2. The van der Waals surface area contributed by atoms with Crippen molar-refractivity contribution in [3.05, 3.63) is 83.4 Å². The zero-order chi connectivity index (χ0) is 23.5. The molecule has 2 fully saturated rings. The van der Waals surface area contributed by atoms with E-state index in [0.29, 0.717) is 24.0 Å². The molecule has 0 N–H and O–H groups in total. The summed E-state index contributed by atoms with van der Waals surface area (Å²) in [6.07, 6.45) is 7.48. The highest BCUT2D eigenvalue weighted by atomic mass is 16.5. The van der Waals surface area contributed by atoms with Crippen molar-refractivity contribution in [2.75, 3.05) is 6.61 Å². The molecular weight excluding hydrogens is 428 g/mol. The number of Topliss-reactive ketones (excluding diaryl/α,β-unsaturated/α-hetero) is 1. The Bertz CT molecular complexity index is 1090. The lowest BCUT2D eigenvalue weighted by molar-refractivity contribution is -0.134. The molecule has 2 saturated carbocycles. The first-order valence-corrected chi connectivity index (χ1v) is 12.3. The number of esters is 2. The maximum Gasteiger partial charge on any atom is 0.338 e. The molecule has 34 heavy (non-hydrogen) atoms. The number of hydrogen-bond acceptors (Lipinski definition) is 5. The highest BCUT2D eigenvalue weighted by molar-refractivity contribution is 5.92. The molecule has 3 aliphatic carbocycles. The number of ether oxygens (including phenoxy) is 2. The number of fused-ring (bicyclic) bond motifs is 1. The Balaban J connectivity index is 1.37. The fourth-order valence-corrected chi connectivity index (χ4v) is 6.15. The van der Waals surface area contributed by atoms with Gasteiger partial charge in [0, 0.05) is 17.3 Å². The number of hydrogen-bond donors (Lipinski definition) is 0. The third-order valence-electron chi connectivity index (χ3n) is 7.83. The van der Waals surface area contributed by atoms with Crippen LogP contribution in [0.15, 0.2) is 72.3 Å². The van der Waals surface area contributed by atoms with Crippen LogP contribution in [0.4, 0.5) is 0 Å². The second-order valence-electron chi connectivity index (χ2n) is 9.80. The molecule has 3 aliphatic rings. The summed E-state index contributed by atoms with van der Waals surface area (Å²) in [6.45, 7) is 0.156. The number of carbonyl (C=O) groups excluding carboxylic acids is 3. The lowest BCUT2D eigenvalue weighted by Gasteiger charge is -2.35. The zero-order valence-corrected chi connectivity index (χ0v) is 19.3. The summed E-state index contributed by atoms with van der Waals surface area (Å²) in [4.78, 5) is 39.1. The molecule has 0 aliphatic heterocycles. The lowest BCUT2D eigenvalue weighted by atomic mass is 9.68. The minimum absolute atomic E-state index is 0.0857. The molecule has 2 aromatic rings. The van der Waals surface area contributed by atoms with E-state index in [9.17, 15) is 14.4 Å². The number of carbonyl (C=O) groups is 3. The van der Waals surface area contributed by atoms with Gasteiger partial charge in [-0.25, -0.2) is 9.59 Å². The van der Waals surface area contributed by atoms with Crippen LogP contribution in [0.5, 0.6) is 0 Å². The van der Waals surface area contributed by atoms with E-state index in [2.05, 4.69) is 0 Å². The van der Waals surface area contributed by atoms with Gasteiger partial charge in [-0.15, -0.1) is 0 Å². The third-order valence-corrected chi connectivity index (χ3v) is 7.83. The smallest absolute Gasteiger partial charge is 0.338 e. The van der Waals surface area contributed by atoms with E-state index in [4.69, 9.17) is 9.47 Å². The second kappa shape index (κ2) is 9.57. The van der Waals surface area contributed by atoms with E-state index < -0.39 is 5.41 Å². The van der Waals surface area contributed by atoms with E-state index in [1.807, 2.05) is 30.3 Å². The van der Waals surface area contributed by atoms with Crippen LogP contribution in [0.3, 0.4) is 0 Å². The Labute approximate surface area is 200 Å². The van der Waals surface area contributed by atoms with Crippen molar-refractivity contribution in [1.82, 2.24) is 0 Å². The van der Waals surface area contributed by atoms with E-state index in [0.717, 1.165) is 37.7 Å². The predicted molar refractivity (Wildman–Crippen MR) is 127 cm³/mol. The highest BCUT2D eigenvalue weighted by Gasteiger charge is 2.57. The average molecular weight is 459 g/mol. The van der Waals surface area contributed by atoms with Crippen LogP contribution >= 0.6 is 0 Å². The highest BCUT2D eigenvalue weighted by Crippen LogP contribution is 2.56. The fourth-order valence-electron chi connectivity index (χ4n) is 6.15. The molecule has 0 saturated heterocycles.